The summed E-state index contributed by atoms with van der Waals surface area (Å²) in [5, 5.41) is 0. The van der Waals surface area contributed by atoms with Crippen LogP contribution in [0.5, 0.6) is 0 Å². The Morgan fingerprint density at radius 2 is 1.69 bits per heavy atom. The van der Waals surface area contributed by atoms with Crippen LogP contribution in [-0.4, -0.2) is 10.9 Å². The van der Waals surface area contributed by atoms with Crippen LogP contribution in [0.3, 0.4) is 0 Å². The highest BCUT2D eigenvalue weighted by atomic mass is 16.1. The molecule has 16 heavy (non-hydrogen) atoms. The summed E-state index contributed by atoms with van der Waals surface area (Å²) in [6.45, 7) is 10.4. The highest BCUT2D eigenvalue weighted by Crippen LogP contribution is 2.51. The molecule has 1 aromatic rings. The number of aromatic amines is 1. The van der Waals surface area contributed by atoms with Crippen LogP contribution in [0, 0.1) is 13.8 Å². The summed E-state index contributed by atoms with van der Waals surface area (Å²) < 4.78 is 0. The molecule has 0 unspecified atom stereocenters. The summed E-state index contributed by atoms with van der Waals surface area (Å²) >= 11 is 0. The molecule has 0 fully saturated rings. The zero-order valence-electron chi connectivity index (χ0n) is 10.7. The van der Waals surface area contributed by atoms with Crippen LogP contribution in [0.15, 0.2) is 0 Å². The van der Waals surface area contributed by atoms with E-state index in [1.807, 2.05) is 13.8 Å². The maximum Gasteiger partial charge on any atom is 0.227 e. The standard InChI is InChI=1S/C13H20N2O/c1-7-9-10(8(2)15-7)13(5,11(14)16)6-12(9,3)4/h15H,6H2,1-5H3,(H2,14,16)/t13-/m1/s1. The maximum absolute atomic E-state index is 11.7. The Bertz CT molecular complexity index is 471. The van der Waals surface area contributed by atoms with Crippen molar-refractivity contribution in [3.05, 3.63) is 22.5 Å². The van der Waals surface area contributed by atoms with Crippen molar-refractivity contribution in [2.75, 3.05) is 0 Å². The van der Waals surface area contributed by atoms with Gasteiger partial charge in [0.05, 0.1) is 5.41 Å². The van der Waals surface area contributed by atoms with Gasteiger partial charge in [0.25, 0.3) is 0 Å². The molecular formula is C13H20N2O. The van der Waals surface area contributed by atoms with E-state index in [2.05, 4.69) is 25.8 Å². The number of fused-ring (bicyclic) bond motifs is 1. The highest BCUT2D eigenvalue weighted by Gasteiger charge is 2.51. The van der Waals surface area contributed by atoms with Crippen LogP contribution < -0.4 is 5.73 Å². The van der Waals surface area contributed by atoms with Crippen LogP contribution in [0.2, 0.25) is 0 Å². The summed E-state index contributed by atoms with van der Waals surface area (Å²) in [6.07, 6.45) is 0.802. The molecule has 1 atom stereocenters. The van der Waals surface area contributed by atoms with Crippen molar-refractivity contribution < 1.29 is 4.79 Å². The van der Waals surface area contributed by atoms with E-state index in [0.717, 1.165) is 17.7 Å². The number of aryl methyl sites for hydroxylation is 2. The van der Waals surface area contributed by atoms with Crippen molar-refractivity contribution in [3.63, 3.8) is 0 Å². The minimum absolute atomic E-state index is 0.0218. The van der Waals surface area contributed by atoms with Gasteiger partial charge in [0, 0.05) is 11.4 Å². The predicted octanol–water partition coefficient (Wildman–Crippen LogP) is 2.06. The molecule has 1 amide bonds. The summed E-state index contributed by atoms with van der Waals surface area (Å²) in [5.41, 5.74) is 9.76. The Morgan fingerprint density at radius 1 is 1.19 bits per heavy atom. The van der Waals surface area contributed by atoms with E-state index in [0.29, 0.717) is 0 Å². The molecular weight excluding hydrogens is 200 g/mol. The second-order valence-corrected chi connectivity index (χ2v) is 5.88. The number of hydrogen-bond acceptors (Lipinski definition) is 1. The summed E-state index contributed by atoms with van der Waals surface area (Å²) in [7, 11) is 0. The second kappa shape index (κ2) is 2.90. The number of carbonyl (C=O) groups excluding carboxylic acids is 1. The minimum Gasteiger partial charge on any atom is -0.369 e. The maximum atomic E-state index is 11.7. The third kappa shape index (κ3) is 1.17. The normalized spacial score (nSPS) is 26.8. The molecule has 0 aromatic carbocycles. The fourth-order valence-corrected chi connectivity index (χ4v) is 3.59. The third-order valence-corrected chi connectivity index (χ3v) is 3.94. The first kappa shape index (κ1) is 11.2. The quantitative estimate of drug-likeness (QED) is 0.747. The van der Waals surface area contributed by atoms with Gasteiger partial charge in [-0.2, -0.15) is 0 Å². The smallest absolute Gasteiger partial charge is 0.227 e. The average molecular weight is 220 g/mol. The molecule has 0 aliphatic heterocycles. The Labute approximate surface area is 96.4 Å². The molecule has 1 aliphatic carbocycles. The van der Waals surface area contributed by atoms with Crippen LogP contribution in [0.4, 0.5) is 0 Å². The molecule has 0 saturated heterocycles. The molecule has 3 nitrogen and oxygen atoms in total. The summed E-state index contributed by atoms with van der Waals surface area (Å²) in [5.74, 6) is -0.221. The van der Waals surface area contributed by atoms with Crippen molar-refractivity contribution in [3.8, 4) is 0 Å². The number of carbonyl (C=O) groups is 1. The van der Waals surface area contributed by atoms with Gasteiger partial charge in [0.2, 0.25) is 5.91 Å². The Balaban J connectivity index is 2.76. The summed E-state index contributed by atoms with van der Waals surface area (Å²) in [4.78, 5) is 15.1. The van der Waals surface area contributed by atoms with Crippen molar-refractivity contribution in [1.29, 1.82) is 0 Å². The average Bonchev–Trinajstić information content (AvgIpc) is 2.50. The number of amides is 1. The van der Waals surface area contributed by atoms with E-state index in [1.165, 1.54) is 11.3 Å². The van der Waals surface area contributed by atoms with E-state index in [9.17, 15) is 4.79 Å². The number of H-pyrrole nitrogens is 1. The van der Waals surface area contributed by atoms with Gasteiger partial charge < -0.3 is 10.7 Å². The number of nitrogens with two attached hydrogens (primary N) is 1. The van der Waals surface area contributed by atoms with Crippen molar-refractivity contribution >= 4 is 5.91 Å². The first-order valence-corrected chi connectivity index (χ1v) is 5.70. The lowest BCUT2D eigenvalue weighted by atomic mass is 9.79. The lowest BCUT2D eigenvalue weighted by Crippen LogP contribution is -2.38. The molecule has 0 saturated carbocycles. The van der Waals surface area contributed by atoms with Crippen LogP contribution in [-0.2, 0) is 15.6 Å². The van der Waals surface area contributed by atoms with Crippen LogP contribution in [0.25, 0.3) is 0 Å². The van der Waals surface area contributed by atoms with Gasteiger partial charge >= 0.3 is 0 Å². The SMILES string of the molecule is Cc1[nH]c(C)c2c1C(C)(C)C[C@@]2(C)C(N)=O. The number of primary amides is 1. The van der Waals surface area contributed by atoms with Gasteiger partial charge in [-0.05, 0) is 43.7 Å². The fraction of sp³-hybridized carbons (Fsp3) is 0.615. The first-order chi connectivity index (χ1) is 7.20. The Morgan fingerprint density at radius 3 is 2.19 bits per heavy atom. The van der Waals surface area contributed by atoms with Gasteiger partial charge in [0.1, 0.15) is 0 Å². The molecule has 0 spiro atoms. The highest BCUT2D eigenvalue weighted by molar-refractivity contribution is 5.89. The minimum atomic E-state index is -0.520. The number of aromatic nitrogens is 1. The molecule has 3 heteroatoms. The van der Waals surface area contributed by atoms with Gasteiger partial charge in [-0.25, -0.2) is 0 Å². The fourth-order valence-electron chi connectivity index (χ4n) is 3.59. The van der Waals surface area contributed by atoms with Crippen LogP contribution in [0.1, 0.15) is 49.7 Å². The van der Waals surface area contributed by atoms with Crippen molar-refractivity contribution in [2.45, 2.75) is 51.9 Å². The topological polar surface area (TPSA) is 58.9 Å². The molecule has 0 bridgehead atoms. The van der Waals surface area contributed by atoms with Crippen molar-refractivity contribution in [2.24, 2.45) is 5.73 Å². The summed E-state index contributed by atoms with van der Waals surface area (Å²) in [6, 6.07) is 0. The number of rotatable bonds is 1. The van der Waals surface area contributed by atoms with Gasteiger partial charge in [-0.15, -0.1) is 0 Å². The van der Waals surface area contributed by atoms with Crippen molar-refractivity contribution in [1.82, 2.24) is 4.98 Å². The molecule has 1 heterocycles. The molecule has 2 rings (SSSR count). The van der Waals surface area contributed by atoms with Gasteiger partial charge in [0.15, 0.2) is 0 Å². The second-order valence-electron chi connectivity index (χ2n) is 5.88. The monoisotopic (exact) mass is 220 g/mol. The molecule has 1 aliphatic rings. The number of nitrogens with one attached hydrogen (secondary N) is 1. The van der Waals surface area contributed by atoms with E-state index in [1.54, 1.807) is 0 Å². The molecule has 1 aromatic heterocycles. The zero-order chi connectivity index (χ0) is 12.3. The Kier molecular flexibility index (Phi) is 2.04. The van der Waals surface area contributed by atoms with E-state index >= 15 is 0 Å². The molecule has 0 radical (unpaired) electrons. The van der Waals surface area contributed by atoms with E-state index < -0.39 is 5.41 Å². The predicted molar refractivity (Wildman–Crippen MR) is 64.5 cm³/mol. The molecule has 88 valence electrons. The lowest BCUT2D eigenvalue weighted by Gasteiger charge is -2.25. The van der Waals surface area contributed by atoms with Crippen LogP contribution >= 0.6 is 0 Å². The van der Waals surface area contributed by atoms with Gasteiger partial charge in [-0.1, -0.05) is 13.8 Å². The van der Waals surface area contributed by atoms with Gasteiger partial charge in [-0.3, -0.25) is 4.79 Å². The Hall–Kier alpha value is -1.25. The lowest BCUT2D eigenvalue weighted by molar-refractivity contribution is -0.123. The molecule has 3 N–H and O–H groups in total. The third-order valence-electron chi connectivity index (χ3n) is 3.94. The first-order valence-electron chi connectivity index (χ1n) is 5.70. The zero-order valence-corrected chi connectivity index (χ0v) is 10.7. The van der Waals surface area contributed by atoms with E-state index in [4.69, 9.17) is 5.73 Å². The van der Waals surface area contributed by atoms with E-state index in [-0.39, 0.29) is 11.3 Å². The number of hydrogen-bond donors (Lipinski definition) is 2. The largest absolute Gasteiger partial charge is 0.369 e.